The van der Waals surface area contributed by atoms with Crippen LogP contribution in [0.5, 0.6) is 0 Å². The van der Waals surface area contributed by atoms with E-state index in [0.29, 0.717) is 31.1 Å². The van der Waals surface area contributed by atoms with Crippen molar-refractivity contribution >= 4 is 5.97 Å². The number of fused-ring (bicyclic) bond motifs is 7. The summed E-state index contributed by atoms with van der Waals surface area (Å²) < 4.78 is 11.5. The molecule has 0 aromatic carbocycles. The predicted molar refractivity (Wildman–Crippen MR) is 166 cm³/mol. The molecule has 256 valence electrons. The Labute approximate surface area is 268 Å². The molecule has 0 radical (unpaired) electrons. The predicted octanol–water partition coefficient (Wildman–Crippen LogP) is 3.46. The number of aliphatic hydroxyl groups excluding tert-OH is 5. The van der Waals surface area contributed by atoms with Crippen LogP contribution in [-0.2, 0) is 14.3 Å². The Balaban J connectivity index is 1.39. The monoisotopic (exact) mass is 634 g/mol. The third-order valence-electron chi connectivity index (χ3n) is 15.5. The molecule has 9 heteroatoms. The molecule has 6 rings (SSSR count). The van der Waals surface area contributed by atoms with Gasteiger partial charge in [0.1, 0.15) is 24.4 Å². The standard InChI is InChI=1S/C36H58O9/c1-19-10-15-36(30(42)45-29-27(41)26(40)25(39)21(18-37)44-29)17-16-33(5)20(28(36)35(19,7)43)8-9-23-32(4)13-12-24(38)31(2,3)22(32)11-14-34(23,33)6/h8,19,21-29,37-41,43H,9-18H2,1-7H3/t19-,21-,22+,23-,24+,25-,26+,27-,28-,29+,32+,33-,34-,35-,36+/m1/s1. The summed E-state index contributed by atoms with van der Waals surface area (Å²) in [6.45, 7) is 15.1. The Kier molecular flexibility index (Phi) is 8.05. The summed E-state index contributed by atoms with van der Waals surface area (Å²) in [7, 11) is 0. The molecule has 1 saturated heterocycles. The van der Waals surface area contributed by atoms with E-state index in [1.54, 1.807) is 0 Å². The molecule has 1 aliphatic heterocycles. The van der Waals surface area contributed by atoms with E-state index in [1.165, 1.54) is 0 Å². The third kappa shape index (κ3) is 4.39. The Morgan fingerprint density at radius 3 is 2.24 bits per heavy atom. The van der Waals surface area contributed by atoms with Crippen LogP contribution in [-0.4, -0.2) is 85.6 Å². The van der Waals surface area contributed by atoms with Gasteiger partial charge in [0.15, 0.2) is 0 Å². The van der Waals surface area contributed by atoms with Crippen LogP contribution in [0.4, 0.5) is 0 Å². The minimum absolute atomic E-state index is 0.0571. The van der Waals surface area contributed by atoms with Crippen LogP contribution in [0, 0.1) is 50.7 Å². The van der Waals surface area contributed by atoms with Crippen molar-refractivity contribution in [2.45, 2.75) is 149 Å². The highest BCUT2D eigenvalue weighted by molar-refractivity contribution is 5.79. The highest BCUT2D eigenvalue weighted by Crippen LogP contribution is 2.76. The van der Waals surface area contributed by atoms with E-state index in [-0.39, 0.29) is 33.7 Å². The van der Waals surface area contributed by atoms with Crippen molar-refractivity contribution in [1.29, 1.82) is 0 Å². The molecule has 5 fully saturated rings. The van der Waals surface area contributed by atoms with Gasteiger partial charge in [0, 0.05) is 5.92 Å². The summed E-state index contributed by atoms with van der Waals surface area (Å²) in [6, 6.07) is 0. The van der Waals surface area contributed by atoms with Crippen molar-refractivity contribution in [3.63, 3.8) is 0 Å². The number of hydrogen-bond acceptors (Lipinski definition) is 9. The van der Waals surface area contributed by atoms with Crippen molar-refractivity contribution in [2.24, 2.45) is 50.7 Å². The number of carbonyl (C=O) groups is 1. The molecule has 0 spiro atoms. The summed E-state index contributed by atoms with van der Waals surface area (Å²) in [5.74, 6) is -0.308. The second-order valence-corrected chi connectivity index (χ2v) is 17.5. The van der Waals surface area contributed by atoms with Crippen molar-refractivity contribution in [3.05, 3.63) is 11.6 Å². The molecule has 6 aliphatic rings. The molecule has 0 aromatic rings. The first-order valence-corrected chi connectivity index (χ1v) is 17.5. The topological polar surface area (TPSA) is 157 Å². The first-order chi connectivity index (χ1) is 20.8. The summed E-state index contributed by atoms with van der Waals surface area (Å²) >= 11 is 0. The Morgan fingerprint density at radius 2 is 1.58 bits per heavy atom. The fourth-order valence-electron chi connectivity index (χ4n) is 12.2. The highest BCUT2D eigenvalue weighted by Gasteiger charge is 2.71. The lowest BCUT2D eigenvalue weighted by molar-refractivity contribution is -0.299. The first kappa shape index (κ1) is 33.8. The van der Waals surface area contributed by atoms with Gasteiger partial charge in [-0.1, -0.05) is 53.2 Å². The van der Waals surface area contributed by atoms with E-state index in [1.807, 2.05) is 13.8 Å². The molecule has 1 heterocycles. The van der Waals surface area contributed by atoms with Gasteiger partial charge >= 0.3 is 5.97 Å². The SMILES string of the molecule is C[C@@H]1CC[C@]2(C(=O)O[C@@H]3O[C@H](CO)[C@@H](O)[C@H](O)[C@H]3O)CC[C@]3(C)C(=CC[C@@H]4[C@@]5(C)CC[C@H](O)C(C)(C)[C@@H]5CC[C@]43C)[C@@H]2[C@]1(C)O. The molecule has 15 atom stereocenters. The quantitative estimate of drug-likeness (QED) is 0.202. The summed E-state index contributed by atoms with van der Waals surface area (Å²) in [6.07, 6.45) is 1.59. The highest BCUT2D eigenvalue weighted by atomic mass is 16.7. The molecule has 5 aliphatic carbocycles. The van der Waals surface area contributed by atoms with Crippen LogP contribution >= 0.6 is 0 Å². The minimum atomic E-state index is -1.68. The van der Waals surface area contributed by atoms with Gasteiger partial charge in [-0.05, 0) is 104 Å². The summed E-state index contributed by atoms with van der Waals surface area (Å²) in [4.78, 5) is 14.4. The Hall–Kier alpha value is -1.07. The average Bonchev–Trinajstić information content (AvgIpc) is 2.97. The van der Waals surface area contributed by atoms with E-state index in [9.17, 15) is 35.4 Å². The van der Waals surface area contributed by atoms with Gasteiger partial charge < -0.3 is 40.1 Å². The number of esters is 1. The fourth-order valence-corrected chi connectivity index (χ4v) is 12.2. The lowest BCUT2D eigenvalue weighted by atomic mass is 9.33. The summed E-state index contributed by atoms with van der Waals surface area (Å²) in [5.41, 5.74) is -1.51. The molecular weight excluding hydrogens is 576 g/mol. The molecule has 0 amide bonds. The molecule has 4 saturated carbocycles. The average molecular weight is 635 g/mol. The smallest absolute Gasteiger partial charge is 0.315 e. The van der Waals surface area contributed by atoms with E-state index in [0.717, 1.165) is 44.1 Å². The molecule has 0 bridgehead atoms. The number of aliphatic hydroxyl groups is 6. The van der Waals surface area contributed by atoms with E-state index >= 15 is 0 Å². The van der Waals surface area contributed by atoms with Crippen molar-refractivity contribution in [1.82, 2.24) is 0 Å². The maximum atomic E-state index is 14.4. The van der Waals surface area contributed by atoms with Crippen molar-refractivity contribution < 1.29 is 44.9 Å². The molecule has 6 N–H and O–H groups in total. The summed E-state index contributed by atoms with van der Waals surface area (Å²) in [5, 5.41) is 64.4. The molecule has 9 nitrogen and oxygen atoms in total. The molecule has 45 heavy (non-hydrogen) atoms. The maximum absolute atomic E-state index is 14.4. The van der Waals surface area contributed by atoms with Gasteiger partial charge in [-0.25, -0.2) is 0 Å². The molecule has 0 aromatic heterocycles. The zero-order valence-corrected chi connectivity index (χ0v) is 28.3. The number of allylic oxidation sites excluding steroid dienone is 1. The van der Waals surface area contributed by atoms with Gasteiger partial charge in [0.2, 0.25) is 6.29 Å². The van der Waals surface area contributed by atoms with Gasteiger partial charge in [-0.3, -0.25) is 4.79 Å². The molecule has 0 unspecified atom stereocenters. The fraction of sp³-hybridized carbons (Fsp3) is 0.917. The zero-order chi connectivity index (χ0) is 33.1. The normalized spacial score (nSPS) is 55.7. The zero-order valence-electron chi connectivity index (χ0n) is 28.3. The second kappa shape index (κ2) is 10.7. The van der Waals surface area contributed by atoms with Crippen LogP contribution in [0.1, 0.15) is 106 Å². The Bertz CT molecular complexity index is 1210. The number of carbonyl (C=O) groups excluding carboxylic acids is 1. The number of ether oxygens (including phenoxy) is 2. The Morgan fingerprint density at radius 1 is 0.889 bits per heavy atom. The second-order valence-electron chi connectivity index (χ2n) is 17.5. The van der Waals surface area contributed by atoms with Crippen molar-refractivity contribution in [3.8, 4) is 0 Å². The van der Waals surface area contributed by atoms with Crippen molar-refractivity contribution in [2.75, 3.05) is 6.61 Å². The first-order valence-electron chi connectivity index (χ1n) is 17.5. The van der Waals surface area contributed by atoms with E-state index in [2.05, 4.69) is 40.7 Å². The minimum Gasteiger partial charge on any atom is -0.432 e. The van der Waals surface area contributed by atoms with Crippen LogP contribution in [0.2, 0.25) is 0 Å². The number of rotatable bonds is 3. The molecular formula is C36H58O9. The largest absolute Gasteiger partial charge is 0.432 e. The van der Waals surface area contributed by atoms with Crippen LogP contribution < -0.4 is 0 Å². The number of hydrogen-bond donors (Lipinski definition) is 6. The van der Waals surface area contributed by atoms with E-state index in [4.69, 9.17) is 9.47 Å². The third-order valence-corrected chi connectivity index (χ3v) is 15.5. The van der Waals surface area contributed by atoms with E-state index < -0.39 is 60.2 Å². The van der Waals surface area contributed by atoms with Gasteiger partial charge in [0.05, 0.1) is 23.7 Å². The van der Waals surface area contributed by atoms with Gasteiger partial charge in [0.25, 0.3) is 0 Å². The lowest BCUT2D eigenvalue weighted by Gasteiger charge is -2.71. The van der Waals surface area contributed by atoms with Gasteiger partial charge in [-0.15, -0.1) is 0 Å². The van der Waals surface area contributed by atoms with Crippen LogP contribution in [0.25, 0.3) is 0 Å². The van der Waals surface area contributed by atoms with Crippen LogP contribution in [0.15, 0.2) is 11.6 Å². The van der Waals surface area contributed by atoms with Crippen LogP contribution in [0.3, 0.4) is 0 Å². The lowest BCUT2D eigenvalue weighted by Crippen LogP contribution is -2.68. The maximum Gasteiger partial charge on any atom is 0.315 e. The van der Waals surface area contributed by atoms with Gasteiger partial charge in [-0.2, -0.15) is 0 Å².